The summed E-state index contributed by atoms with van der Waals surface area (Å²) in [6.07, 6.45) is 2.78. The number of hydrogen-bond donors (Lipinski definition) is 1. The fourth-order valence-corrected chi connectivity index (χ4v) is 2.58. The monoisotopic (exact) mass is 326 g/mol. The number of nitrogens with one attached hydrogen (secondary N) is 1. The molecule has 0 unspecified atom stereocenters. The highest BCUT2D eigenvalue weighted by Crippen LogP contribution is 2.12. The number of rotatable bonds is 6. The molecule has 0 aliphatic carbocycles. The van der Waals surface area contributed by atoms with Crippen molar-refractivity contribution in [3.05, 3.63) is 22.8 Å². The summed E-state index contributed by atoms with van der Waals surface area (Å²) in [5.74, 6) is 0.873. The van der Waals surface area contributed by atoms with Gasteiger partial charge in [-0.25, -0.2) is 13.4 Å². The molecule has 0 aliphatic rings. The molecule has 0 spiro atoms. The summed E-state index contributed by atoms with van der Waals surface area (Å²) in [6.45, 7) is 0. The van der Waals surface area contributed by atoms with Crippen molar-refractivity contribution < 1.29 is 8.42 Å². The van der Waals surface area contributed by atoms with Crippen LogP contribution in [0.4, 0.5) is 5.82 Å². The predicted molar refractivity (Wildman–Crippen MR) is 69.3 cm³/mol. The molecule has 1 aromatic rings. The summed E-state index contributed by atoms with van der Waals surface area (Å²) >= 11 is 8.70. The number of pyridine rings is 1. The van der Waals surface area contributed by atoms with Gasteiger partial charge in [0.2, 0.25) is 10.0 Å². The highest BCUT2D eigenvalue weighted by atomic mass is 79.9. The van der Waals surface area contributed by atoms with E-state index >= 15 is 0 Å². The molecule has 0 fully saturated rings. The van der Waals surface area contributed by atoms with Gasteiger partial charge in [0.15, 0.2) is 0 Å². The van der Waals surface area contributed by atoms with Crippen LogP contribution >= 0.6 is 27.5 Å². The molecule has 0 bridgehead atoms. The van der Waals surface area contributed by atoms with Crippen molar-refractivity contribution >= 4 is 43.4 Å². The van der Waals surface area contributed by atoms with Crippen molar-refractivity contribution in [3.8, 4) is 0 Å². The molecular weight excluding hydrogens is 316 g/mol. The molecule has 0 aromatic carbocycles. The van der Waals surface area contributed by atoms with Crippen LogP contribution in [0.15, 0.2) is 22.8 Å². The van der Waals surface area contributed by atoms with Crippen LogP contribution in [-0.2, 0) is 10.0 Å². The molecule has 0 amide bonds. The van der Waals surface area contributed by atoms with Gasteiger partial charge in [0.1, 0.15) is 5.82 Å². The molecule has 1 N–H and O–H groups in total. The van der Waals surface area contributed by atoms with Crippen LogP contribution in [0.2, 0.25) is 0 Å². The highest BCUT2D eigenvalue weighted by Gasteiger charge is 2.10. The molecular formula is C9H12BrClN2O2S. The predicted octanol–water partition coefficient (Wildman–Crippen LogP) is 2.60. The third-order valence-electron chi connectivity index (χ3n) is 1.78. The van der Waals surface area contributed by atoms with Crippen molar-refractivity contribution in [2.24, 2.45) is 0 Å². The van der Waals surface area contributed by atoms with Gasteiger partial charge in [0.05, 0.1) is 5.75 Å². The maximum atomic E-state index is 11.6. The Morgan fingerprint density at radius 3 is 2.69 bits per heavy atom. The minimum atomic E-state index is -3.31. The first-order valence-electron chi connectivity index (χ1n) is 4.71. The van der Waals surface area contributed by atoms with Crippen molar-refractivity contribution in [3.63, 3.8) is 0 Å². The van der Waals surface area contributed by atoms with Gasteiger partial charge in [-0.2, -0.15) is 0 Å². The van der Waals surface area contributed by atoms with Crippen molar-refractivity contribution in [1.29, 1.82) is 0 Å². The normalized spacial score (nSPS) is 11.4. The first-order chi connectivity index (χ1) is 7.53. The number of hydrogen-bond acceptors (Lipinski definition) is 3. The third kappa shape index (κ3) is 5.14. The molecule has 1 heterocycles. The topological polar surface area (TPSA) is 59.1 Å². The number of aromatic nitrogens is 1. The smallest absolute Gasteiger partial charge is 0.233 e. The van der Waals surface area contributed by atoms with Gasteiger partial charge in [-0.15, -0.1) is 11.6 Å². The lowest BCUT2D eigenvalue weighted by Gasteiger charge is -2.06. The van der Waals surface area contributed by atoms with E-state index in [1.807, 2.05) is 0 Å². The summed E-state index contributed by atoms with van der Waals surface area (Å²) in [4.78, 5) is 3.93. The van der Waals surface area contributed by atoms with E-state index in [2.05, 4.69) is 25.6 Å². The van der Waals surface area contributed by atoms with Gasteiger partial charge in [-0.3, -0.25) is 4.72 Å². The van der Waals surface area contributed by atoms with Gasteiger partial charge < -0.3 is 0 Å². The van der Waals surface area contributed by atoms with E-state index in [0.29, 0.717) is 24.5 Å². The zero-order valence-electron chi connectivity index (χ0n) is 8.49. The summed E-state index contributed by atoms with van der Waals surface area (Å²) < 4.78 is 26.3. The number of alkyl halides is 1. The Balaban J connectivity index is 2.55. The molecule has 0 saturated carbocycles. The fraction of sp³-hybridized carbons (Fsp3) is 0.444. The van der Waals surface area contributed by atoms with Gasteiger partial charge in [0.25, 0.3) is 0 Å². The lowest BCUT2D eigenvalue weighted by Crippen LogP contribution is -2.17. The van der Waals surface area contributed by atoms with Crippen molar-refractivity contribution in [2.75, 3.05) is 16.4 Å². The van der Waals surface area contributed by atoms with Crippen LogP contribution < -0.4 is 4.72 Å². The SMILES string of the molecule is O=S(=O)(CCCCCl)Nc1ccc(Br)cn1. The Morgan fingerprint density at radius 1 is 1.38 bits per heavy atom. The Hall–Kier alpha value is -0.330. The van der Waals surface area contributed by atoms with E-state index in [1.165, 1.54) is 6.20 Å². The Kier molecular flexibility index (Phi) is 5.51. The van der Waals surface area contributed by atoms with E-state index in [-0.39, 0.29) is 5.75 Å². The largest absolute Gasteiger partial charge is 0.267 e. The van der Waals surface area contributed by atoms with E-state index in [9.17, 15) is 8.42 Å². The summed E-state index contributed by atoms with van der Waals surface area (Å²) in [6, 6.07) is 3.33. The lowest BCUT2D eigenvalue weighted by molar-refractivity contribution is 0.598. The second-order valence-electron chi connectivity index (χ2n) is 3.18. The van der Waals surface area contributed by atoms with Gasteiger partial charge in [-0.1, -0.05) is 0 Å². The van der Waals surface area contributed by atoms with Crippen LogP contribution in [0.3, 0.4) is 0 Å². The lowest BCUT2D eigenvalue weighted by atomic mass is 10.4. The van der Waals surface area contributed by atoms with E-state index in [1.54, 1.807) is 12.1 Å². The average Bonchev–Trinajstić information content (AvgIpc) is 2.21. The third-order valence-corrected chi connectivity index (χ3v) is 3.87. The van der Waals surface area contributed by atoms with E-state index < -0.39 is 10.0 Å². The molecule has 0 radical (unpaired) electrons. The zero-order valence-corrected chi connectivity index (χ0v) is 11.6. The van der Waals surface area contributed by atoms with Gasteiger partial charge in [0, 0.05) is 16.5 Å². The second-order valence-corrected chi connectivity index (χ2v) is 6.31. The number of anilines is 1. The Labute approximate surface area is 109 Å². The molecule has 0 saturated heterocycles. The number of sulfonamides is 1. The standard InChI is InChI=1S/C9H12BrClN2O2S/c10-8-3-4-9(12-7-8)13-16(14,15)6-2-1-5-11/h3-4,7H,1-2,5-6H2,(H,12,13). The maximum Gasteiger partial charge on any atom is 0.233 e. The number of unbranched alkanes of at least 4 members (excludes halogenated alkanes) is 1. The first-order valence-corrected chi connectivity index (χ1v) is 7.69. The van der Waals surface area contributed by atoms with Crippen LogP contribution in [-0.4, -0.2) is 25.0 Å². The summed E-state index contributed by atoms with van der Waals surface area (Å²) in [7, 11) is -3.31. The van der Waals surface area contributed by atoms with Gasteiger partial charge >= 0.3 is 0 Å². The molecule has 1 aromatic heterocycles. The minimum Gasteiger partial charge on any atom is -0.267 e. The Bertz CT molecular complexity index is 422. The molecule has 4 nitrogen and oxygen atoms in total. The van der Waals surface area contributed by atoms with Gasteiger partial charge in [-0.05, 0) is 40.9 Å². The van der Waals surface area contributed by atoms with E-state index in [4.69, 9.17) is 11.6 Å². The zero-order chi connectivity index (χ0) is 12.0. The van der Waals surface area contributed by atoms with Crippen molar-refractivity contribution in [2.45, 2.75) is 12.8 Å². The number of halogens is 2. The molecule has 0 aliphatic heterocycles. The van der Waals surface area contributed by atoms with Crippen LogP contribution in [0.5, 0.6) is 0 Å². The summed E-state index contributed by atoms with van der Waals surface area (Å²) in [5.41, 5.74) is 0. The van der Waals surface area contributed by atoms with Crippen LogP contribution in [0.25, 0.3) is 0 Å². The Morgan fingerprint density at radius 2 is 2.12 bits per heavy atom. The maximum absolute atomic E-state index is 11.6. The van der Waals surface area contributed by atoms with Crippen molar-refractivity contribution in [1.82, 2.24) is 4.98 Å². The quantitative estimate of drug-likeness (QED) is 0.645. The highest BCUT2D eigenvalue weighted by molar-refractivity contribution is 9.10. The molecule has 7 heteroatoms. The molecule has 1 rings (SSSR count). The molecule has 0 atom stereocenters. The van der Waals surface area contributed by atoms with E-state index in [0.717, 1.165) is 4.47 Å². The number of nitrogens with zero attached hydrogens (tertiary/aromatic N) is 1. The minimum absolute atomic E-state index is 0.0669. The van der Waals surface area contributed by atoms with Crippen LogP contribution in [0, 0.1) is 0 Å². The first kappa shape index (κ1) is 13.7. The second kappa shape index (κ2) is 6.42. The fourth-order valence-electron chi connectivity index (χ4n) is 1.03. The molecule has 90 valence electrons. The molecule has 16 heavy (non-hydrogen) atoms. The van der Waals surface area contributed by atoms with Crippen LogP contribution in [0.1, 0.15) is 12.8 Å². The average molecular weight is 328 g/mol. The summed E-state index contributed by atoms with van der Waals surface area (Å²) in [5, 5.41) is 0.